The fourth-order valence-corrected chi connectivity index (χ4v) is 6.21. The highest BCUT2D eigenvalue weighted by Crippen LogP contribution is 2.57. The van der Waals surface area contributed by atoms with Gasteiger partial charge in [-0.05, 0) is 37.7 Å². The topological polar surface area (TPSA) is 43.9 Å². The fraction of sp³-hybridized carbons (Fsp3) is 0.680. The van der Waals surface area contributed by atoms with Gasteiger partial charge in [0.2, 0.25) is 11.8 Å². The minimum Gasteiger partial charge on any atom is -0.345 e. The molecular formula is C25H37N3O2. The second kappa shape index (κ2) is 7.99. The monoisotopic (exact) mass is 411 g/mol. The lowest BCUT2D eigenvalue weighted by Crippen LogP contribution is -2.53. The highest BCUT2D eigenvalue weighted by Gasteiger charge is 2.64. The molecule has 2 spiro atoms. The Morgan fingerprint density at radius 2 is 1.70 bits per heavy atom. The summed E-state index contributed by atoms with van der Waals surface area (Å²) in [5.41, 5.74) is 2.07. The first kappa shape index (κ1) is 21.4. The summed E-state index contributed by atoms with van der Waals surface area (Å²) in [5, 5.41) is 0. The van der Waals surface area contributed by atoms with Crippen molar-refractivity contribution in [1.29, 1.82) is 0 Å². The van der Waals surface area contributed by atoms with Crippen LogP contribution in [0, 0.1) is 23.7 Å². The van der Waals surface area contributed by atoms with Crippen molar-refractivity contribution in [3.63, 3.8) is 0 Å². The number of fused-ring (bicyclic) bond motifs is 1. The summed E-state index contributed by atoms with van der Waals surface area (Å²) in [7, 11) is 1.95. The van der Waals surface area contributed by atoms with Crippen molar-refractivity contribution in [3.05, 3.63) is 35.4 Å². The molecule has 0 N–H and O–H groups in total. The number of hydrogen-bond donors (Lipinski definition) is 0. The third-order valence-corrected chi connectivity index (χ3v) is 7.84. The predicted octanol–water partition coefficient (Wildman–Crippen LogP) is 2.97. The molecule has 0 saturated carbocycles. The summed E-state index contributed by atoms with van der Waals surface area (Å²) in [5.74, 6) is 1.16. The van der Waals surface area contributed by atoms with Crippen molar-refractivity contribution in [2.75, 3.05) is 46.3 Å². The van der Waals surface area contributed by atoms with Gasteiger partial charge in [-0.15, -0.1) is 0 Å². The molecule has 164 valence electrons. The van der Waals surface area contributed by atoms with Crippen LogP contribution in [0.15, 0.2) is 24.3 Å². The van der Waals surface area contributed by atoms with Crippen molar-refractivity contribution in [2.45, 2.75) is 46.5 Å². The fourth-order valence-electron chi connectivity index (χ4n) is 6.21. The lowest BCUT2D eigenvalue weighted by atomic mass is 9.60. The third-order valence-electron chi connectivity index (χ3n) is 7.84. The summed E-state index contributed by atoms with van der Waals surface area (Å²) in [6.07, 6.45) is 3.33. The molecule has 3 aliphatic rings. The molecule has 5 heteroatoms. The Labute approximate surface area is 181 Å². The highest BCUT2D eigenvalue weighted by molar-refractivity contribution is 5.86. The number of rotatable bonds is 4. The molecule has 0 bridgehead atoms. The number of benzene rings is 1. The van der Waals surface area contributed by atoms with Gasteiger partial charge in [-0.3, -0.25) is 9.59 Å². The van der Waals surface area contributed by atoms with Crippen LogP contribution in [0.3, 0.4) is 0 Å². The van der Waals surface area contributed by atoms with Gasteiger partial charge in [-0.25, -0.2) is 0 Å². The Kier molecular flexibility index (Phi) is 5.69. The van der Waals surface area contributed by atoms with Crippen LogP contribution in [0.4, 0.5) is 0 Å². The second-order valence-electron chi connectivity index (χ2n) is 10.4. The number of carbonyl (C=O) groups excluding carboxylic acids is 2. The summed E-state index contributed by atoms with van der Waals surface area (Å²) in [6.45, 7) is 12.0. The first-order valence-electron chi connectivity index (χ1n) is 11.6. The van der Waals surface area contributed by atoms with Gasteiger partial charge in [0.25, 0.3) is 0 Å². The molecule has 0 unspecified atom stereocenters. The van der Waals surface area contributed by atoms with Crippen molar-refractivity contribution >= 4 is 11.8 Å². The van der Waals surface area contributed by atoms with E-state index in [9.17, 15) is 9.59 Å². The van der Waals surface area contributed by atoms with Crippen molar-refractivity contribution < 1.29 is 9.59 Å². The van der Waals surface area contributed by atoms with Crippen LogP contribution in [0.5, 0.6) is 0 Å². The highest BCUT2D eigenvalue weighted by atomic mass is 16.2. The molecule has 3 heterocycles. The number of carbonyl (C=O) groups is 2. The Bertz CT molecular complexity index is 795. The molecule has 5 nitrogen and oxygen atoms in total. The molecule has 0 aromatic heterocycles. The Morgan fingerprint density at radius 1 is 1.03 bits per heavy atom. The van der Waals surface area contributed by atoms with E-state index < -0.39 is 0 Å². The first-order chi connectivity index (χ1) is 14.2. The van der Waals surface area contributed by atoms with Crippen LogP contribution in [-0.4, -0.2) is 72.8 Å². The van der Waals surface area contributed by atoms with Gasteiger partial charge in [-0.1, -0.05) is 43.7 Å². The smallest absolute Gasteiger partial charge is 0.230 e. The molecule has 1 atom stereocenters. The van der Waals surface area contributed by atoms with Crippen LogP contribution in [0.25, 0.3) is 0 Å². The zero-order chi connectivity index (χ0) is 21.5. The number of aryl methyl sites for hydroxylation is 1. The van der Waals surface area contributed by atoms with Crippen molar-refractivity contribution in [3.8, 4) is 0 Å². The number of likely N-dealkylation sites (tertiary alicyclic amines) is 3. The largest absolute Gasteiger partial charge is 0.345 e. The normalized spacial score (nSPS) is 26.5. The van der Waals surface area contributed by atoms with Crippen LogP contribution in [0.2, 0.25) is 0 Å². The molecule has 1 aromatic carbocycles. The lowest BCUT2D eigenvalue weighted by Gasteiger charge is -2.47. The third kappa shape index (κ3) is 3.66. The molecule has 2 amide bonds. The van der Waals surface area contributed by atoms with Crippen LogP contribution >= 0.6 is 0 Å². The minimum atomic E-state index is -0.247. The SMILES string of the molecule is Cc1ccc(CC(=O)N2CCC3(CC2)CN(CC(C)C)C[C@]32CCN(C)C2=O)cc1. The summed E-state index contributed by atoms with van der Waals surface area (Å²) in [6, 6.07) is 8.26. The maximum absolute atomic E-state index is 13.3. The summed E-state index contributed by atoms with van der Waals surface area (Å²) >= 11 is 0. The molecule has 0 aliphatic carbocycles. The number of piperidine rings is 1. The van der Waals surface area contributed by atoms with E-state index in [4.69, 9.17) is 0 Å². The molecule has 3 saturated heterocycles. The maximum atomic E-state index is 13.3. The quantitative estimate of drug-likeness (QED) is 0.765. The molecule has 3 aliphatic heterocycles. The predicted molar refractivity (Wildman–Crippen MR) is 119 cm³/mol. The maximum Gasteiger partial charge on any atom is 0.230 e. The van der Waals surface area contributed by atoms with E-state index in [1.807, 2.05) is 16.8 Å². The van der Waals surface area contributed by atoms with Crippen LogP contribution < -0.4 is 0 Å². The summed E-state index contributed by atoms with van der Waals surface area (Å²) in [4.78, 5) is 32.8. The molecule has 3 fully saturated rings. The standard InChI is InChI=1S/C25H37N3O2/c1-19(2)16-27-17-24(25(18-27)11-12-26(4)23(25)30)9-13-28(14-10-24)22(29)15-21-7-5-20(3)6-8-21/h5-8,19H,9-18H2,1-4H3/t25-/m0/s1. The zero-order valence-corrected chi connectivity index (χ0v) is 19.1. The lowest BCUT2D eigenvalue weighted by molar-refractivity contribution is -0.143. The Morgan fingerprint density at radius 3 is 2.27 bits per heavy atom. The van der Waals surface area contributed by atoms with E-state index in [1.54, 1.807) is 0 Å². The Balaban J connectivity index is 1.47. The minimum absolute atomic E-state index is 0.0182. The van der Waals surface area contributed by atoms with Gasteiger partial charge in [0, 0.05) is 51.7 Å². The number of nitrogens with zero attached hydrogens (tertiary/aromatic N) is 3. The average Bonchev–Trinajstić information content (AvgIpc) is 3.15. The van der Waals surface area contributed by atoms with Crippen molar-refractivity contribution in [2.24, 2.45) is 16.7 Å². The van der Waals surface area contributed by atoms with Gasteiger partial charge >= 0.3 is 0 Å². The van der Waals surface area contributed by atoms with E-state index in [2.05, 4.69) is 49.9 Å². The molecule has 0 radical (unpaired) electrons. The summed E-state index contributed by atoms with van der Waals surface area (Å²) < 4.78 is 0. The first-order valence-corrected chi connectivity index (χ1v) is 11.6. The van der Waals surface area contributed by atoms with Crippen LogP contribution in [0.1, 0.15) is 44.2 Å². The van der Waals surface area contributed by atoms with E-state index in [0.717, 1.165) is 64.1 Å². The molecular weight excluding hydrogens is 374 g/mol. The zero-order valence-electron chi connectivity index (χ0n) is 19.1. The molecule has 1 aromatic rings. The van der Waals surface area contributed by atoms with E-state index >= 15 is 0 Å². The van der Waals surface area contributed by atoms with Gasteiger partial charge in [0.1, 0.15) is 0 Å². The van der Waals surface area contributed by atoms with Crippen LogP contribution in [-0.2, 0) is 16.0 Å². The number of amides is 2. The van der Waals surface area contributed by atoms with Crippen molar-refractivity contribution in [1.82, 2.24) is 14.7 Å². The van der Waals surface area contributed by atoms with Gasteiger partial charge in [0.05, 0.1) is 11.8 Å². The van der Waals surface area contributed by atoms with Gasteiger partial charge < -0.3 is 14.7 Å². The van der Waals surface area contributed by atoms with Gasteiger partial charge in [0.15, 0.2) is 0 Å². The average molecular weight is 412 g/mol. The second-order valence-corrected chi connectivity index (χ2v) is 10.4. The molecule has 30 heavy (non-hydrogen) atoms. The van der Waals surface area contributed by atoms with E-state index in [0.29, 0.717) is 18.2 Å². The number of hydrogen-bond acceptors (Lipinski definition) is 3. The van der Waals surface area contributed by atoms with Gasteiger partial charge in [-0.2, -0.15) is 0 Å². The Hall–Kier alpha value is -1.88. The van der Waals surface area contributed by atoms with E-state index in [1.165, 1.54) is 5.56 Å². The molecule has 4 rings (SSSR count). The van der Waals surface area contributed by atoms with E-state index in [-0.39, 0.29) is 16.7 Å².